The SMILES string of the molecule is OC1CCCN(c2ccc(C(F)(F)F)cc2)C1. The molecule has 1 heterocycles. The Morgan fingerprint density at radius 1 is 1.18 bits per heavy atom. The Kier molecular flexibility index (Phi) is 3.28. The molecule has 0 bridgehead atoms. The smallest absolute Gasteiger partial charge is 0.391 e. The van der Waals surface area contributed by atoms with Crippen LogP contribution in [0, 0.1) is 0 Å². The second-order valence-electron chi connectivity index (χ2n) is 4.29. The predicted molar refractivity (Wildman–Crippen MR) is 58.9 cm³/mol. The molecule has 1 fully saturated rings. The van der Waals surface area contributed by atoms with E-state index in [2.05, 4.69) is 0 Å². The van der Waals surface area contributed by atoms with Gasteiger partial charge in [0.05, 0.1) is 11.7 Å². The highest BCUT2D eigenvalue weighted by atomic mass is 19.4. The first-order valence-electron chi connectivity index (χ1n) is 5.57. The van der Waals surface area contributed by atoms with Gasteiger partial charge in [0.25, 0.3) is 0 Å². The molecular formula is C12H14F3NO. The Hall–Kier alpha value is -1.23. The number of benzene rings is 1. The molecule has 0 amide bonds. The van der Waals surface area contributed by atoms with E-state index >= 15 is 0 Å². The lowest BCUT2D eigenvalue weighted by molar-refractivity contribution is -0.137. The fourth-order valence-corrected chi connectivity index (χ4v) is 2.05. The third kappa shape index (κ3) is 2.91. The summed E-state index contributed by atoms with van der Waals surface area (Å²) >= 11 is 0. The number of nitrogens with zero attached hydrogens (tertiary/aromatic N) is 1. The zero-order valence-corrected chi connectivity index (χ0v) is 9.24. The zero-order chi connectivity index (χ0) is 12.5. The van der Waals surface area contributed by atoms with Crippen molar-refractivity contribution < 1.29 is 18.3 Å². The predicted octanol–water partition coefficient (Wildman–Crippen LogP) is 2.67. The van der Waals surface area contributed by atoms with Crippen molar-refractivity contribution in [2.75, 3.05) is 18.0 Å². The number of halogens is 3. The quantitative estimate of drug-likeness (QED) is 0.822. The van der Waals surface area contributed by atoms with Crippen molar-refractivity contribution in [1.29, 1.82) is 0 Å². The van der Waals surface area contributed by atoms with Gasteiger partial charge in [-0.3, -0.25) is 0 Å². The summed E-state index contributed by atoms with van der Waals surface area (Å²) in [6.07, 6.45) is -3.05. The number of alkyl halides is 3. The maximum absolute atomic E-state index is 12.4. The van der Waals surface area contributed by atoms with Gasteiger partial charge in [0.2, 0.25) is 0 Å². The molecule has 0 saturated carbocycles. The molecule has 1 unspecified atom stereocenters. The van der Waals surface area contributed by atoms with Gasteiger partial charge in [0.15, 0.2) is 0 Å². The fraction of sp³-hybridized carbons (Fsp3) is 0.500. The molecule has 1 aliphatic heterocycles. The number of β-amino-alcohol motifs (C(OH)–C–C–N with tert-alkyl or cyclic N) is 1. The topological polar surface area (TPSA) is 23.5 Å². The van der Waals surface area contributed by atoms with Gasteiger partial charge in [-0.15, -0.1) is 0 Å². The Labute approximate surface area is 97.7 Å². The monoisotopic (exact) mass is 245 g/mol. The first kappa shape index (κ1) is 12.2. The van der Waals surface area contributed by atoms with Crippen LogP contribution in [0.2, 0.25) is 0 Å². The Bertz CT molecular complexity index is 374. The van der Waals surface area contributed by atoms with Gasteiger partial charge < -0.3 is 10.0 Å². The molecule has 0 radical (unpaired) electrons. The highest BCUT2D eigenvalue weighted by Gasteiger charge is 2.30. The number of hydrogen-bond acceptors (Lipinski definition) is 2. The number of aliphatic hydroxyl groups excluding tert-OH is 1. The number of rotatable bonds is 1. The molecule has 0 aromatic heterocycles. The fourth-order valence-electron chi connectivity index (χ4n) is 2.05. The van der Waals surface area contributed by atoms with Gasteiger partial charge in [-0.2, -0.15) is 13.2 Å². The molecule has 1 aliphatic rings. The average molecular weight is 245 g/mol. The minimum atomic E-state index is -4.29. The normalized spacial score (nSPS) is 21.6. The van der Waals surface area contributed by atoms with Crippen molar-refractivity contribution in [1.82, 2.24) is 0 Å². The third-order valence-corrected chi connectivity index (χ3v) is 2.96. The molecule has 94 valence electrons. The van der Waals surface area contributed by atoms with Gasteiger partial charge in [-0.05, 0) is 37.1 Å². The molecule has 1 saturated heterocycles. The van der Waals surface area contributed by atoms with Crippen molar-refractivity contribution in [3.63, 3.8) is 0 Å². The Morgan fingerprint density at radius 2 is 1.82 bits per heavy atom. The standard InChI is InChI=1S/C12H14F3NO/c13-12(14,15)9-3-5-10(6-4-9)16-7-1-2-11(17)8-16/h3-6,11,17H,1-2,7-8H2. The van der Waals surface area contributed by atoms with Crippen LogP contribution in [-0.2, 0) is 6.18 Å². The maximum Gasteiger partial charge on any atom is 0.416 e. The molecule has 1 N–H and O–H groups in total. The van der Waals surface area contributed by atoms with Crippen molar-refractivity contribution in [2.24, 2.45) is 0 Å². The second-order valence-corrected chi connectivity index (χ2v) is 4.29. The van der Waals surface area contributed by atoms with E-state index in [4.69, 9.17) is 0 Å². The van der Waals surface area contributed by atoms with E-state index in [0.29, 0.717) is 6.54 Å². The van der Waals surface area contributed by atoms with E-state index < -0.39 is 11.7 Å². The van der Waals surface area contributed by atoms with Crippen LogP contribution in [0.25, 0.3) is 0 Å². The molecule has 2 rings (SSSR count). The minimum absolute atomic E-state index is 0.383. The molecule has 1 aromatic rings. The van der Waals surface area contributed by atoms with Gasteiger partial charge in [0, 0.05) is 18.8 Å². The summed E-state index contributed by atoms with van der Waals surface area (Å²) in [6.45, 7) is 1.27. The van der Waals surface area contributed by atoms with Crippen LogP contribution < -0.4 is 4.90 Å². The van der Waals surface area contributed by atoms with E-state index in [-0.39, 0.29) is 6.10 Å². The highest BCUT2D eigenvalue weighted by molar-refractivity contribution is 5.48. The Morgan fingerprint density at radius 3 is 2.35 bits per heavy atom. The highest BCUT2D eigenvalue weighted by Crippen LogP contribution is 2.31. The first-order chi connectivity index (χ1) is 7.97. The van der Waals surface area contributed by atoms with E-state index in [0.717, 1.165) is 37.2 Å². The summed E-state index contributed by atoms with van der Waals surface area (Å²) in [5.74, 6) is 0. The van der Waals surface area contributed by atoms with E-state index in [1.54, 1.807) is 0 Å². The van der Waals surface area contributed by atoms with Crippen LogP contribution in [0.5, 0.6) is 0 Å². The van der Waals surface area contributed by atoms with Gasteiger partial charge in [0.1, 0.15) is 0 Å². The van der Waals surface area contributed by atoms with Gasteiger partial charge >= 0.3 is 6.18 Å². The van der Waals surface area contributed by atoms with E-state index in [1.165, 1.54) is 12.1 Å². The van der Waals surface area contributed by atoms with Crippen LogP contribution in [0.3, 0.4) is 0 Å². The summed E-state index contributed by atoms with van der Waals surface area (Å²) < 4.78 is 37.1. The van der Waals surface area contributed by atoms with Crippen LogP contribution in [0.1, 0.15) is 18.4 Å². The van der Waals surface area contributed by atoms with Crippen molar-refractivity contribution in [3.05, 3.63) is 29.8 Å². The van der Waals surface area contributed by atoms with Crippen molar-refractivity contribution in [3.8, 4) is 0 Å². The van der Waals surface area contributed by atoms with Crippen LogP contribution in [-0.4, -0.2) is 24.3 Å². The molecule has 5 heteroatoms. The number of hydrogen-bond donors (Lipinski definition) is 1. The zero-order valence-electron chi connectivity index (χ0n) is 9.24. The summed E-state index contributed by atoms with van der Waals surface area (Å²) in [5, 5.41) is 9.50. The average Bonchev–Trinajstić information content (AvgIpc) is 2.28. The van der Waals surface area contributed by atoms with Crippen LogP contribution in [0.4, 0.5) is 18.9 Å². The summed E-state index contributed by atoms with van der Waals surface area (Å²) in [4.78, 5) is 1.91. The van der Waals surface area contributed by atoms with E-state index in [9.17, 15) is 18.3 Å². The molecule has 1 aromatic carbocycles. The molecule has 0 aliphatic carbocycles. The van der Waals surface area contributed by atoms with Gasteiger partial charge in [-0.1, -0.05) is 0 Å². The lowest BCUT2D eigenvalue weighted by Gasteiger charge is -2.32. The second kappa shape index (κ2) is 4.56. The lowest BCUT2D eigenvalue weighted by atomic mass is 10.1. The van der Waals surface area contributed by atoms with Crippen molar-refractivity contribution in [2.45, 2.75) is 25.1 Å². The third-order valence-electron chi connectivity index (χ3n) is 2.96. The van der Waals surface area contributed by atoms with Gasteiger partial charge in [-0.25, -0.2) is 0 Å². The first-order valence-corrected chi connectivity index (χ1v) is 5.57. The molecule has 0 spiro atoms. The van der Waals surface area contributed by atoms with Crippen LogP contribution >= 0.6 is 0 Å². The van der Waals surface area contributed by atoms with Crippen molar-refractivity contribution >= 4 is 5.69 Å². The minimum Gasteiger partial charge on any atom is -0.391 e. The Balaban J connectivity index is 2.12. The summed E-state index contributed by atoms with van der Waals surface area (Å²) in [5.41, 5.74) is 0.0931. The number of piperidine rings is 1. The largest absolute Gasteiger partial charge is 0.416 e. The molecular weight excluding hydrogens is 231 g/mol. The maximum atomic E-state index is 12.4. The molecule has 2 nitrogen and oxygen atoms in total. The summed E-state index contributed by atoms with van der Waals surface area (Å²) in [7, 11) is 0. The summed E-state index contributed by atoms with van der Waals surface area (Å²) in [6, 6.07) is 5.08. The number of anilines is 1. The van der Waals surface area contributed by atoms with E-state index in [1.807, 2.05) is 4.90 Å². The molecule has 1 atom stereocenters. The lowest BCUT2D eigenvalue weighted by Crippen LogP contribution is -2.38. The number of aliphatic hydroxyl groups is 1. The van der Waals surface area contributed by atoms with Crippen LogP contribution in [0.15, 0.2) is 24.3 Å². The molecule has 17 heavy (non-hydrogen) atoms.